The van der Waals surface area contributed by atoms with Crippen LogP contribution >= 0.6 is 0 Å². The van der Waals surface area contributed by atoms with Gasteiger partial charge in [-0.15, -0.1) is 19.7 Å². The predicted molar refractivity (Wildman–Crippen MR) is 51.5 cm³/mol. The van der Waals surface area contributed by atoms with Crippen molar-refractivity contribution in [1.82, 2.24) is 0 Å². The summed E-state index contributed by atoms with van der Waals surface area (Å²) in [5.74, 6) is -2.51. The Morgan fingerprint density at radius 2 is 1.23 bits per heavy atom. The van der Waals surface area contributed by atoms with E-state index in [1.165, 1.54) is 0 Å². The first-order valence-corrected chi connectivity index (χ1v) is 3.25. The number of carboxylic acid groups (broad SMARTS) is 2. The fraction of sp³-hybridized carbons (Fsp3) is 0.111. The zero-order valence-corrected chi connectivity index (χ0v) is 7.56. The predicted octanol–water partition coefficient (Wildman–Crippen LogP) is 1.71. The minimum atomic E-state index is -1.26. The lowest BCUT2D eigenvalue weighted by atomic mass is 10.5. The largest absolute Gasteiger partial charge is 0.478 e. The highest BCUT2D eigenvalue weighted by atomic mass is 16.4. The maximum atomic E-state index is 9.55. The van der Waals surface area contributed by atoms with E-state index in [-0.39, 0.29) is 0 Å². The molecule has 0 spiro atoms. The van der Waals surface area contributed by atoms with Gasteiger partial charge in [0, 0.05) is 12.2 Å². The van der Waals surface area contributed by atoms with Gasteiger partial charge in [-0.2, -0.15) is 0 Å². The lowest BCUT2D eigenvalue weighted by molar-refractivity contribution is -0.134. The first kappa shape index (κ1) is 17.3. The summed E-state index contributed by atoms with van der Waals surface area (Å²) >= 11 is 0. The third-order valence-electron chi connectivity index (χ3n) is 0.368. The number of hydrogen-bond acceptors (Lipinski definition) is 2. The molecule has 0 fully saturated rings. The van der Waals surface area contributed by atoms with E-state index in [9.17, 15) is 9.59 Å². The Labute approximate surface area is 77.5 Å². The second kappa shape index (κ2) is 16.6. The lowest BCUT2D eigenvalue weighted by Gasteiger charge is -1.74. The summed E-state index contributed by atoms with van der Waals surface area (Å²) in [6.07, 6.45) is 2.87. The number of allylic oxidation sites excluding steroid dienone is 1. The summed E-state index contributed by atoms with van der Waals surface area (Å²) in [5, 5.41) is 15.6. The van der Waals surface area contributed by atoms with E-state index < -0.39 is 11.9 Å². The summed E-state index contributed by atoms with van der Waals surface area (Å²) in [6.45, 7) is 11.2. The molecule has 4 heteroatoms. The Balaban J connectivity index is -0.000000169. The van der Waals surface area contributed by atoms with Gasteiger partial charge in [0.25, 0.3) is 0 Å². The van der Waals surface area contributed by atoms with Crippen molar-refractivity contribution in [3.8, 4) is 0 Å². The van der Waals surface area contributed by atoms with Gasteiger partial charge in [-0.3, -0.25) is 0 Å². The molecule has 0 aliphatic heterocycles. The van der Waals surface area contributed by atoms with Crippen LogP contribution in [0.5, 0.6) is 0 Å². The van der Waals surface area contributed by atoms with Crippen LogP contribution in [0.3, 0.4) is 0 Å². The second-order valence-electron chi connectivity index (χ2n) is 1.42. The third-order valence-corrected chi connectivity index (χ3v) is 0.368. The third kappa shape index (κ3) is 67.7. The lowest BCUT2D eigenvalue weighted by Crippen LogP contribution is -1.91. The standard InChI is InChI=1S/C4H4O4.C3H6.C2H4/c5-3(6)1-2-4(7)8;1-3-2;1-2/h1-2H,(H,5,6)(H,7,8);3H,1H2,2H3;1-2H2/b2-1-;;. The van der Waals surface area contributed by atoms with Gasteiger partial charge in [0.1, 0.15) is 0 Å². The summed E-state index contributed by atoms with van der Waals surface area (Å²) in [6, 6.07) is 0. The molecule has 0 bridgehead atoms. The van der Waals surface area contributed by atoms with Crippen molar-refractivity contribution in [1.29, 1.82) is 0 Å². The van der Waals surface area contributed by atoms with Crippen molar-refractivity contribution >= 4 is 11.9 Å². The average Bonchev–Trinajstić information content (AvgIpc) is 2.06. The highest BCUT2D eigenvalue weighted by Crippen LogP contribution is 1.70. The quantitative estimate of drug-likeness (QED) is 0.508. The molecule has 0 unspecified atom stereocenters. The molecule has 0 aromatic carbocycles. The molecular weight excluding hydrogens is 172 g/mol. The van der Waals surface area contributed by atoms with E-state index in [0.717, 1.165) is 0 Å². The van der Waals surface area contributed by atoms with Crippen LogP contribution in [0.4, 0.5) is 0 Å². The normalized spacial score (nSPS) is 7.15. The summed E-state index contributed by atoms with van der Waals surface area (Å²) in [4.78, 5) is 19.1. The van der Waals surface area contributed by atoms with Gasteiger partial charge in [0.2, 0.25) is 0 Å². The monoisotopic (exact) mass is 186 g/mol. The number of rotatable bonds is 2. The Hall–Kier alpha value is -1.84. The van der Waals surface area contributed by atoms with E-state index in [1.807, 2.05) is 6.92 Å². The van der Waals surface area contributed by atoms with Crippen LogP contribution in [0.25, 0.3) is 0 Å². The Bertz CT molecular complexity index is 166. The maximum Gasteiger partial charge on any atom is 0.328 e. The van der Waals surface area contributed by atoms with Gasteiger partial charge in [-0.1, -0.05) is 6.08 Å². The zero-order chi connectivity index (χ0) is 11.3. The van der Waals surface area contributed by atoms with Crippen molar-refractivity contribution in [3.63, 3.8) is 0 Å². The molecule has 2 N–H and O–H groups in total. The van der Waals surface area contributed by atoms with Gasteiger partial charge in [-0.25, -0.2) is 9.59 Å². The van der Waals surface area contributed by atoms with Gasteiger partial charge in [-0.05, 0) is 6.92 Å². The average molecular weight is 186 g/mol. The SMILES string of the molecule is C=C.C=CC.O=C(O)/C=C\C(=O)O. The molecule has 0 saturated heterocycles. The van der Waals surface area contributed by atoms with Crippen LogP contribution in [0.1, 0.15) is 6.92 Å². The number of carboxylic acids is 2. The van der Waals surface area contributed by atoms with Gasteiger partial charge >= 0.3 is 11.9 Å². The molecule has 0 radical (unpaired) electrons. The number of aliphatic carboxylic acids is 2. The molecule has 0 atom stereocenters. The summed E-state index contributed by atoms with van der Waals surface area (Å²) in [5.41, 5.74) is 0. The van der Waals surface area contributed by atoms with E-state index in [4.69, 9.17) is 10.2 Å². The maximum absolute atomic E-state index is 9.55. The molecule has 0 aromatic heterocycles. The minimum absolute atomic E-state index is 0.558. The van der Waals surface area contributed by atoms with Crippen LogP contribution in [0, 0.1) is 0 Å². The van der Waals surface area contributed by atoms with Crippen molar-refractivity contribution in [2.45, 2.75) is 6.92 Å². The summed E-state index contributed by atoms with van der Waals surface area (Å²) < 4.78 is 0. The number of hydrogen-bond donors (Lipinski definition) is 2. The molecule has 0 amide bonds. The molecule has 0 aliphatic carbocycles. The number of carbonyl (C=O) groups is 2. The van der Waals surface area contributed by atoms with Crippen LogP contribution in [-0.2, 0) is 9.59 Å². The molecule has 4 nitrogen and oxygen atoms in total. The Morgan fingerprint density at radius 1 is 1.08 bits per heavy atom. The van der Waals surface area contributed by atoms with Crippen molar-refractivity contribution in [2.75, 3.05) is 0 Å². The molecule has 0 rings (SSSR count). The molecule has 74 valence electrons. The molecule has 0 heterocycles. The smallest absolute Gasteiger partial charge is 0.328 e. The highest BCUT2D eigenvalue weighted by molar-refractivity contribution is 5.89. The van der Waals surface area contributed by atoms with Gasteiger partial charge in [0.15, 0.2) is 0 Å². The molecule has 13 heavy (non-hydrogen) atoms. The van der Waals surface area contributed by atoms with Crippen LogP contribution in [0.15, 0.2) is 38.0 Å². The van der Waals surface area contributed by atoms with E-state index in [1.54, 1.807) is 6.08 Å². The first-order valence-electron chi connectivity index (χ1n) is 3.25. The van der Waals surface area contributed by atoms with Crippen LogP contribution in [-0.4, -0.2) is 22.2 Å². The topological polar surface area (TPSA) is 74.6 Å². The first-order chi connectivity index (χ1) is 6.04. The molecular formula is C9H14O4. The van der Waals surface area contributed by atoms with Gasteiger partial charge < -0.3 is 10.2 Å². The Morgan fingerprint density at radius 3 is 1.31 bits per heavy atom. The highest BCUT2D eigenvalue weighted by Gasteiger charge is 1.88. The van der Waals surface area contributed by atoms with Crippen LogP contribution in [0.2, 0.25) is 0 Å². The molecule has 0 aromatic rings. The zero-order valence-electron chi connectivity index (χ0n) is 7.56. The fourth-order valence-corrected chi connectivity index (χ4v) is 0.143. The summed E-state index contributed by atoms with van der Waals surface area (Å²) in [7, 11) is 0. The minimum Gasteiger partial charge on any atom is -0.478 e. The molecule has 0 saturated carbocycles. The van der Waals surface area contributed by atoms with Crippen molar-refractivity contribution in [2.24, 2.45) is 0 Å². The van der Waals surface area contributed by atoms with Crippen molar-refractivity contribution < 1.29 is 19.8 Å². The fourth-order valence-electron chi connectivity index (χ4n) is 0.143. The van der Waals surface area contributed by atoms with Crippen LogP contribution < -0.4 is 0 Å². The second-order valence-corrected chi connectivity index (χ2v) is 1.42. The molecule has 0 aliphatic rings. The Kier molecular flexibility index (Phi) is 22.1. The van der Waals surface area contributed by atoms with E-state index in [0.29, 0.717) is 12.2 Å². The van der Waals surface area contributed by atoms with Crippen molar-refractivity contribution in [3.05, 3.63) is 38.0 Å². The van der Waals surface area contributed by atoms with E-state index >= 15 is 0 Å². The van der Waals surface area contributed by atoms with Gasteiger partial charge in [0.05, 0.1) is 0 Å². The van der Waals surface area contributed by atoms with E-state index in [2.05, 4.69) is 19.7 Å².